The van der Waals surface area contributed by atoms with Gasteiger partial charge in [0, 0.05) is 13.1 Å². The molecule has 0 aromatic rings. The van der Waals surface area contributed by atoms with Crippen molar-refractivity contribution in [2.75, 3.05) is 32.5 Å². The molecule has 1 heterocycles. The summed E-state index contributed by atoms with van der Waals surface area (Å²) in [4.78, 5) is 25.3. The zero-order valence-corrected chi connectivity index (χ0v) is 13.3. The van der Waals surface area contributed by atoms with Crippen LogP contribution in [0.4, 0.5) is 0 Å². The minimum Gasteiger partial charge on any atom is -0.465 e. The summed E-state index contributed by atoms with van der Waals surface area (Å²) in [5.74, 6) is -0.900. The van der Waals surface area contributed by atoms with E-state index in [2.05, 4.69) is 6.58 Å². The Morgan fingerprint density at radius 1 is 1.48 bits per heavy atom. The Kier molecular flexibility index (Phi) is 6.35. The number of esters is 1. The molecule has 0 aliphatic carbocycles. The van der Waals surface area contributed by atoms with Crippen molar-refractivity contribution in [3.8, 4) is 0 Å². The van der Waals surface area contributed by atoms with Crippen molar-refractivity contribution in [1.29, 1.82) is 0 Å². The predicted molar refractivity (Wildman–Crippen MR) is 78.0 cm³/mol. The summed E-state index contributed by atoms with van der Waals surface area (Å²) < 4.78 is 29.4. The normalized spacial score (nSPS) is 19.2. The number of sulfonamides is 1. The monoisotopic (exact) mass is 318 g/mol. The molecule has 1 unspecified atom stereocenters. The van der Waals surface area contributed by atoms with E-state index in [1.54, 1.807) is 6.92 Å². The number of carbonyl (C=O) groups excluding carboxylic acids is 2. The summed E-state index contributed by atoms with van der Waals surface area (Å²) in [6.45, 7) is 5.76. The Bertz CT molecular complexity index is 503. The standard InChI is InChI=1S/C13H22N2O5S/c1-4-8-14(10-12(16)20-5-2)13(17)11-7-6-9-15(11)21(3,18)19/h4,11H,1,5-10H2,2-3H3. The van der Waals surface area contributed by atoms with Gasteiger partial charge in [-0.25, -0.2) is 8.42 Å². The Labute approximate surface area is 125 Å². The number of amides is 1. The molecule has 0 radical (unpaired) electrons. The maximum absolute atomic E-state index is 12.5. The summed E-state index contributed by atoms with van der Waals surface area (Å²) in [6, 6.07) is -0.741. The van der Waals surface area contributed by atoms with Gasteiger partial charge in [-0.3, -0.25) is 9.59 Å². The van der Waals surface area contributed by atoms with Crippen LogP contribution in [0, 0.1) is 0 Å². The zero-order chi connectivity index (χ0) is 16.0. The van der Waals surface area contributed by atoms with Crippen LogP contribution in [0.2, 0.25) is 0 Å². The number of rotatable bonds is 7. The molecular formula is C13H22N2O5S. The summed E-state index contributed by atoms with van der Waals surface area (Å²) in [5, 5.41) is 0. The van der Waals surface area contributed by atoms with Crippen LogP contribution in [-0.2, 0) is 24.3 Å². The SMILES string of the molecule is C=CCN(CC(=O)OCC)C(=O)C1CCCN1S(C)(=O)=O. The van der Waals surface area contributed by atoms with Crippen LogP contribution >= 0.6 is 0 Å². The van der Waals surface area contributed by atoms with Gasteiger partial charge in [-0.15, -0.1) is 6.58 Å². The number of hydrogen-bond acceptors (Lipinski definition) is 5. The Morgan fingerprint density at radius 3 is 2.67 bits per heavy atom. The van der Waals surface area contributed by atoms with E-state index >= 15 is 0 Å². The molecule has 0 aromatic heterocycles. The van der Waals surface area contributed by atoms with Gasteiger partial charge in [0.05, 0.1) is 12.9 Å². The van der Waals surface area contributed by atoms with Crippen molar-refractivity contribution in [1.82, 2.24) is 9.21 Å². The van der Waals surface area contributed by atoms with Crippen molar-refractivity contribution < 1.29 is 22.7 Å². The van der Waals surface area contributed by atoms with Gasteiger partial charge in [-0.2, -0.15) is 4.31 Å². The van der Waals surface area contributed by atoms with Gasteiger partial charge in [0.2, 0.25) is 15.9 Å². The first-order chi connectivity index (χ1) is 9.81. The average molecular weight is 318 g/mol. The first-order valence-corrected chi connectivity index (χ1v) is 8.68. The summed E-state index contributed by atoms with van der Waals surface area (Å²) in [5.41, 5.74) is 0. The van der Waals surface area contributed by atoms with E-state index in [1.165, 1.54) is 15.3 Å². The third-order valence-corrected chi connectivity index (χ3v) is 4.49. The van der Waals surface area contributed by atoms with Crippen LogP contribution in [0.25, 0.3) is 0 Å². The molecule has 1 atom stereocenters. The highest BCUT2D eigenvalue weighted by Gasteiger charge is 2.38. The molecular weight excluding hydrogens is 296 g/mol. The van der Waals surface area contributed by atoms with E-state index in [1.807, 2.05) is 0 Å². The lowest BCUT2D eigenvalue weighted by Gasteiger charge is -2.27. The summed E-state index contributed by atoms with van der Waals surface area (Å²) in [7, 11) is -3.44. The lowest BCUT2D eigenvalue weighted by Crippen LogP contribution is -2.49. The fraction of sp³-hybridized carbons (Fsp3) is 0.692. The van der Waals surface area contributed by atoms with E-state index in [4.69, 9.17) is 4.74 Å². The summed E-state index contributed by atoms with van der Waals surface area (Å²) >= 11 is 0. The number of hydrogen-bond donors (Lipinski definition) is 0. The molecule has 1 fully saturated rings. The number of ether oxygens (including phenoxy) is 1. The highest BCUT2D eigenvalue weighted by Crippen LogP contribution is 2.22. The second kappa shape index (κ2) is 7.56. The van der Waals surface area contributed by atoms with Gasteiger partial charge < -0.3 is 9.64 Å². The molecule has 1 saturated heterocycles. The van der Waals surface area contributed by atoms with Crippen LogP contribution in [0.1, 0.15) is 19.8 Å². The van der Waals surface area contributed by atoms with Crippen molar-refractivity contribution in [2.45, 2.75) is 25.8 Å². The van der Waals surface area contributed by atoms with Gasteiger partial charge in [0.15, 0.2) is 0 Å². The van der Waals surface area contributed by atoms with E-state index in [-0.39, 0.29) is 25.6 Å². The van der Waals surface area contributed by atoms with Gasteiger partial charge in [0.1, 0.15) is 12.6 Å². The van der Waals surface area contributed by atoms with Crippen LogP contribution < -0.4 is 0 Å². The Balaban J connectivity index is 2.85. The third kappa shape index (κ3) is 4.82. The fourth-order valence-corrected chi connectivity index (χ4v) is 3.46. The maximum Gasteiger partial charge on any atom is 0.325 e. The van der Waals surface area contributed by atoms with Crippen LogP contribution in [0.15, 0.2) is 12.7 Å². The van der Waals surface area contributed by atoms with Crippen molar-refractivity contribution in [3.63, 3.8) is 0 Å². The first-order valence-electron chi connectivity index (χ1n) is 6.83. The van der Waals surface area contributed by atoms with Crippen LogP contribution in [-0.4, -0.2) is 68.0 Å². The Morgan fingerprint density at radius 2 is 2.14 bits per heavy atom. The molecule has 0 aromatic carbocycles. The highest BCUT2D eigenvalue weighted by atomic mass is 32.2. The lowest BCUT2D eigenvalue weighted by molar-refractivity contribution is -0.149. The molecule has 0 saturated carbocycles. The molecule has 0 bridgehead atoms. The van der Waals surface area contributed by atoms with Gasteiger partial charge in [-0.05, 0) is 19.8 Å². The number of carbonyl (C=O) groups is 2. The van der Waals surface area contributed by atoms with Crippen molar-refractivity contribution in [3.05, 3.63) is 12.7 Å². The highest BCUT2D eigenvalue weighted by molar-refractivity contribution is 7.88. The fourth-order valence-electron chi connectivity index (χ4n) is 2.35. The molecule has 8 heteroatoms. The molecule has 1 aliphatic heterocycles. The second-order valence-electron chi connectivity index (χ2n) is 4.84. The molecule has 0 spiro atoms. The predicted octanol–water partition coefficient (Wildman–Crippen LogP) is -0.0119. The molecule has 1 aliphatic rings. The third-order valence-electron chi connectivity index (χ3n) is 3.20. The maximum atomic E-state index is 12.5. The van der Waals surface area contributed by atoms with Gasteiger partial charge in [-0.1, -0.05) is 6.08 Å². The van der Waals surface area contributed by atoms with Gasteiger partial charge >= 0.3 is 5.97 Å². The first kappa shape index (κ1) is 17.6. The minimum atomic E-state index is -3.44. The molecule has 21 heavy (non-hydrogen) atoms. The van der Waals surface area contributed by atoms with E-state index in [0.29, 0.717) is 19.4 Å². The largest absolute Gasteiger partial charge is 0.465 e. The molecule has 0 N–H and O–H groups in total. The summed E-state index contributed by atoms with van der Waals surface area (Å²) in [6.07, 6.45) is 3.67. The van der Waals surface area contributed by atoms with Crippen molar-refractivity contribution in [2.24, 2.45) is 0 Å². The van der Waals surface area contributed by atoms with E-state index in [9.17, 15) is 18.0 Å². The molecule has 1 rings (SSSR count). The molecule has 7 nitrogen and oxygen atoms in total. The average Bonchev–Trinajstić information content (AvgIpc) is 2.86. The van der Waals surface area contributed by atoms with Crippen molar-refractivity contribution >= 4 is 21.9 Å². The second-order valence-corrected chi connectivity index (χ2v) is 6.78. The lowest BCUT2D eigenvalue weighted by atomic mass is 10.2. The smallest absolute Gasteiger partial charge is 0.325 e. The van der Waals surface area contributed by atoms with Crippen LogP contribution in [0.3, 0.4) is 0 Å². The number of nitrogens with zero attached hydrogens (tertiary/aromatic N) is 2. The quantitative estimate of drug-likeness (QED) is 0.487. The van der Waals surface area contributed by atoms with E-state index in [0.717, 1.165) is 6.26 Å². The minimum absolute atomic E-state index is 0.172. The topological polar surface area (TPSA) is 84.0 Å². The van der Waals surface area contributed by atoms with Gasteiger partial charge in [0.25, 0.3) is 0 Å². The molecule has 120 valence electrons. The Hall–Kier alpha value is -1.41. The molecule has 1 amide bonds. The van der Waals surface area contributed by atoms with Crippen LogP contribution in [0.5, 0.6) is 0 Å². The van der Waals surface area contributed by atoms with E-state index < -0.39 is 22.0 Å². The zero-order valence-electron chi connectivity index (χ0n) is 12.4.